The number of benzene rings is 1. The number of amides is 3. The van der Waals surface area contributed by atoms with Crippen LogP contribution in [0.15, 0.2) is 30.3 Å². The molecule has 2 N–H and O–H groups in total. The smallest absolute Gasteiger partial charge is 0.325 e. The molecule has 8 heteroatoms. The monoisotopic (exact) mass is 389 g/mol. The van der Waals surface area contributed by atoms with Gasteiger partial charge in [0.2, 0.25) is 12.7 Å². The molecule has 3 rings (SSSR count). The SMILES string of the molecule is Cc1ccc(CN(CC(=O)NC(=O)Nc2ccc3c(c2)OCO3)C(C)C)s1. The van der Waals surface area contributed by atoms with Gasteiger partial charge in [-0.25, -0.2) is 4.79 Å². The Balaban J connectivity index is 1.52. The van der Waals surface area contributed by atoms with Crippen LogP contribution in [0.1, 0.15) is 23.6 Å². The molecular weight excluding hydrogens is 366 g/mol. The Bertz CT molecular complexity index is 834. The molecule has 0 radical (unpaired) electrons. The van der Waals surface area contributed by atoms with Crippen molar-refractivity contribution >= 4 is 29.0 Å². The standard InChI is InChI=1S/C19H23N3O4S/c1-12(2)22(9-15-6-4-13(3)27-15)10-18(23)21-19(24)20-14-5-7-16-17(8-14)26-11-25-16/h4-8,12H,9-11H2,1-3H3,(H2,20,21,23,24). The van der Waals surface area contributed by atoms with Gasteiger partial charge < -0.3 is 14.8 Å². The van der Waals surface area contributed by atoms with E-state index in [0.29, 0.717) is 23.7 Å². The van der Waals surface area contributed by atoms with E-state index in [1.54, 1.807) is 29.5 Å². The lowest BCUT2D eigenvalue weighted by atomic mass is 10.3. The van der Waals surface area contributed by atoms with Gasteiger partial charge in [-0.3, -0.25) is 15.0 Å². The van der Waals surface area contributed by atoms with Crippen molar-refractivity contribution in [2.75, 3.05) is 18.7 Å². The summed E-state index contributed by atoms with van der Waals surface area (Å²) in [7, 11) is 0. The van der Waals surface area contributed by atoms with Crippen molar-refractivity contribution in [2.45, 2.75) is 33.4 Å². The number of hydrogen-bond acceptors (Lipinski definition) is 6. The summed E-state index contributed by atoms with van der Waals surface area (Å²) in [4.78, 5) is 28.8. The third-order valence-electron chi connectivity index (χ3n) is 4.12. The molecular formula is C19H23N3O4S. The average molecular weight is 389 g/mol. The van der Waals surface area contributed by atoms with Crippen LogP contribution in [0.4, 0.5) is 10.5 Å². The number of thiophene rings is 1. The van der Waals surface area contributed by atoms with E-state index in [-0.39, 0.29) is 25.3 Å². The summed E-state index contributed by atoms with van der Waals surface area (Å²) >= 11 is 1.71. The molecule has 0 spiro atoms. The van der Waals surface area contributed by atoms with Gasteiger partial charge in [-0.1, -0.05) is 0 Å². The van der Waals surface area contributed by atoms with Crippen molar-refractivity contribution in [3.63, 3.8) is 0 Å². The molecule has 0 fully saturated rings. The molecule has 0 saturated heterocycles. The lowest BCUT2D eigenvalue weighted by molar-refractivity contribution is -0.121. The molecule has 144 valence electrons. The van der Waals surface area contributed by atoms with Crippen molar-refractivity contribution in [3.8, 4) is 11.5 Å². The largest absolute Gasteiger partial charge is 0.454 e. The van der Waals surface area contributed by atoms with Crippen LogP contribution in [0.5, 0.6) is 11.5 Å². The maximum absolute atomic E-state index is 12.3. The second kappa shape index (κ2) is 8.41. The predicted molar refractivity (Wildman–Crippen MR) is 104 cm³/mol. The molecule has 0 atom stereocenters. The van der Waals surface area contributed by atoms with E-state index < -0.39 is 6.03 Å². The highest BCUT2D eigenvalue weighted by Gasteiger charge is 2.18. The number of anilines is 1. The van der Waals surface area contributed by atoms with E-state index in [0.717, 1.165) is 0 Å². The molecule has 1 aromatic carbocycles. The fourth-order valence-electron chi connectivity index (χ4n) is 2.68. The molecule has 1 aromatic heterocycles. The van der Waals surface area contributed by atoms with E-state index in [4.69, 9.17) is 9.47 Å². The van der Waals surface area contributed by atoms with Gasteiger partial charge in [0.15, 0.2) is 11.5 Å². The van der Waals surface area contributed by atoms with Crippen LogP contribution in [0, 0.1) is 6.92 Å². The van der Waals surface area contributed by atoms with E-state index in [1.807, 2.05) is 18.7 Å². The van der Waals surface area contributed by atoms with Gasteiger partial charge in [-0.2, -0.15) is 0 Å². The number of carbonyl (C=O) groups excluding carboxylic acids is 2. The average Bonchev–Trinajstić information content (AvgIpc) is 3.22. The normalized spacial score (nSPS) is 12.5. The first-order valence-corrected chi connectivity index (χ1v) is 9.52. The van der Waals surface area contributed by atoms with Crippen molar-refractivity contribution in [2.24, 2.45) is 0 Å². The lowest BCUT2D eigenvalue weighted by Crippen LogP contribution is -2.43. The van der Waals surface area contributed by atoms with Crippen molar-refractivity contribution in [1.29, 1.82) is 0 Å². The third kappa shape index (κ3) is 5.21. The fourth-order valence-corrected chi connectivity index (χ4v) is 3.59. The number of urea groups is 1. The predicted octanol–water partition coefficient (Wildman–Crippen LogP) is 3.34. The summed E-state index contributed by atoms with van der Waals surface area (Å²) in [5, 5.41) is 5.01. The molecule has 1 aliphatic heterocycles. The Morgan fingerprint density at radius 3 is 2.67 bits per heavy atom. The zero-order valence-electron chi connectivity index (χ0n) is 15.6. The Kier molecular flexibility index (Phi) is 5.98. The number of imide groups is 1. The summed E-state index contributed by atoms with van der Waals surface area (Å²) in [6.07, 6.45) is 0. The van der Waals surface area contributed by atoms with Crippen LogP contribution in [0.2, 0.25) is 0 Å². The van der Waals surface area contributed by atoms with E-state index in [2.05, 4.69) is 29.7 Å². The van der Waals surface area contributed by atoms with Gasteiger partial charge in [0.25, 0.3) is 0 Å². The van der Waals surface area contributed by atoms with Crippen LogP contribution < -0.4 is 20.1 Å². The first-order chi connectivity index (χ1) is 12.9. The number of aryl methyl sites for hydroxylation is 1. The highest BCUT2D eigenvalue weighted by molar-refractivity contribution is 7.11. The maximum atomic E-state index is 12.3. The Hall–Kier alpha value is -2.58. The third-order valence-corrected chi connectivity index (χ3v) is 5.10. The van der Waals surface area contributed by atoms with Gasteiger partial charge >= 0.3 is 6.03 Å². The molecule has 2 aromatic rings. The summed E-state index contributed by atoms with van der Waals surface area (Å²) < 4.78 is 10.5. The molecule has 0 unspecified atom stereocenters. The number of hydrogen-bond donors (Lipinski definition) is 2. The summed E-state index contributed by atoms with van der Waals surface area (Å²) in [5.74, 6) is 0.847. The zero-order valence-corrected chi connectivity index (χ0v) is 16.4. The topological polar surface area (TPSA) is 79.9 Å². The quantitative estimate of drug-likeness (QED) is 0.792. The van der Waals surface area contributed by atoms with Gasteiger partial charge in [0.1, 0.15) is 0 Å². The minimum absolute atomic E-state index is 0.142. The number of nitrogens with one attached hydrogen (secondary N) is 2. The molecule has 0 bridgehead atoms. The minimum Gasteiger partial charge on any atom is -0.454 e. The van der Waals surface area contributed by atoms with Crippen LogP contribution in [-0.4, -0.2) is 36.2 Å². The van der Waals surface area contributed by atoms with Gasteiger partial charge in [-0.15, -0.1) is 11.3 Å². The highest BCUT2D eigenvalue weighted by atomic mass is 32.1. The van der Waals surface area contributed by atoms with Crippen molar-refractivity contribution < 1.29 is 19.1 Å². The van der Waals surface area contributed by atoms with Crippen LogP contribution in [-0.2, 0) is 11.3 Å². The first-order valence-electron chi connectivity index (χ1n) is 8.70. The highest BCUT2D eigenvalue weighted by Crippen LogP contribution is 2.34. The molecule has 0 saturated carbocycles. The van der Waals surface area contributed by atoms with E-state index in [9.17, 15) is 9.59 Å². The zero-order chi connectivity index (χ0) is 19.4. The maximum Gasteiger partial charge on any atom is 0.325 e. The fraction of sp³-hybridized carbons (Fsp3) is 0.368. The summed E-state index contributed by atoms with van der Waals surface area (Å²) in [6, 6.07) is 8.80. The second-order valence-electron chi connectivity index (χ2n) is 6.58. The van der Waals surface area contributed by atoms with Crippen LogP contribution in [0.25, 0.3) is 0 Å². The second-order valence-corrected chi connectivity index (χ2v) is 7.95. The van der Waals surface area contributed by atoms with Gasteiger partial charge in [0.05, 0.1) is 6.54 Å². The van der Waals surface area contributed by atoms with Gasteiger partial charge in [0, 0.05) is 34.1 Å². The van der Waals surface area contributed by atoms with E-state index >= 15 is 0 Å². The van der Waals surface area contributed by atoms with Crippen molar-refractivity contribution in [3.05, 3.63) is 40.1 Å². The molecule has 27 heavy (non-hydrogen) atoms. The van der Waals surface area contributed by atoms with Crippen molar-refractivity contribution in [1.82, 2.24) is 10.2 Å². The minimum atomic E-state index is -0.575. The summed E-state index contributed by atoms with van der Waals surface area (Å²) in [5.41, 5.74) is 0.527. The number of carbonyl (C=O) groups is 2. The Morgan fingerprint density at radius 1 is 1.19 bits per heavy atom. The van der Waals surface area contributed by atoms with E-state index in [1.165, 1.54) is 9.75 Å². The number of ether oxygens (including phenoxy) is 2. The number of nitrogens with zero attached hydrogens (tertiary/aromatic N) is 1. The Morgan fingerprint density at radius 2 is 1.96 bits per heavy atom. The van der Waals surface area contributed by atoms with Crippen LogP contribution in [0.3, 0.4) is 0 Å². The molecule has 2 heterocycles. The van der Waals surface area contributed by atoms with Crippen LogP contribution >= 0.6 is 11.3 Å². The van der Waals surface area contributed by atoms with Gasteiger partial charge in [-0.05, 0) is 45.0 Å². The number of fused-ring (bicyclic) bond motifs is 1. The molecule has 3 amide bonds. The molecule has 1 aliphatic rings. The summed E-state index contributed by atoms with van der Waals surface area (Å²) in [6.45, 7) is 7.09. The first kappa shape index (κ1) is 19.2. The molecule has 0 aliphatic carbocycles. The molecule has 7 nitrogen and oxygen atoms in total. The Labute approximate surface area is 162 Å². The number of rotatable bonds is 6. The lowest BCUT2D eigenvalue weighted by Gasteiger charge is -2.25.